The Bertz CT molecular complexity index is 1210. The van der Waals surface area contributed by atoms with E-state index in [1.807, 2.05) is 17.0 Å². The fraction of sp³-hybridized carbons (Fsp3) is 0.269. The van der Waals surface area contributed by atoms with Gasteiger partial charge in [-0.05, 0) is 42.0 Å². The summed E-state index contributed by atoms with van der Waals surface area (Å²) in [6.07, 6.45) is 0. The highest BCUT2D eigenvalue weighted by atomic mass is 19.1. The van der Waals surface area contributed by atoms with Gasteiger partial charge in [-0.2, -0.15) is 0 Å². The number of carbonyl (C=O) groups is 1. The average molecular weight is 483 g/mol. The Morgan fingerprint density at radius 1 is 0.857 bits per heavy atom. The summed E-state index contributed by atoms with van der Waals surface area (Å²) in [4.78, 5) is 16.8. The highest BCUT2D eigenvalue weighted by molar-refractivity contribution is 5.94. The van der Waals surface area contributed by atoms with E-state index in [1.165, 1.54) is 12.1 Å². The molecule has 9 heteroatoms. The molecule has 2 aliphatic rings. The standard InChI is InChI=1S/C26H24F3N3O3/c27-18-4-1-2-7-21(18)31-10-12-32(13-11-31)22(17-8-9-23-24(14-17)35-16-34-23)15-30-26(33)25-19(28)5-3-6-20(25)29/h1-9,14,22H,10-13,15-16H2,(H,30,33)/t22-/m0/s1. The van der Waals surface area contributed by atoms with Gasteiger partial charge < -0.3 is 19.7 Å². The lowest BCUT2D eigenvalue weighted by Crippen LogP contribution is -2.50. The molecule has 0 aliphatic carbocycles. The summed E-state index contributed by atoms with van der Waals surface area (Å²) in [5, 5.41) is 2.69. The maximum atomic E-state index is 14.3. The topological polar surface area (TPSA) is 54.0 Å². The fourth-order valence-corrected chi connectivity index (χ4v) is 4.55. The summed E-state index contributed by atoms with van der Waals surface area (Å²) in [5.41, 5.74) is 0.805. The highest BCUT2D eigenvalue weighted by Gasteiger charge is 2.29. The number of para-hydroxylation sites is 1. The number of hydrogen-bond acceptors (Lipinski definition) is 5. The Kier molecular flexibility index (Phi) is 6.50. The first-order valence-corrected chi connectivity index (χ1v) is 11.4. The Hall–Kier alpha value is -3.72. The van der Waals surface area contributed by atoms with Crippen molar-refractivity contribution in [2.45, 2.75) is 6.04 Å². The molecule has 1 N–H and O–H groups in total. The minimum Gasteiger partial charge on any atom is -0.454 e. The molecule has 1 amide bonds. The fourth-order valence-electron chi connectivity index (χ4n) is 4.55. The number of ether oxygens (including phenoxy) is 2. The first kappa shape index (κ1) is 23.0. The van der Waals surface area contributed by atoms with Gasteiger partial charge in [0.05, 0.1) is 11.7 Å². The molecule has 1 atom stereocenters. The first-order valence-electron chi connectivity index (χ1n) is 11.4. The van der Waals surface area contributed by atoms with Crippen LogP contribution in [0.25, 0.3) is 0 Å². The predicted molar refractivity (Wildman–Crippen MR) is 124 cm³/mol. The molecule has 5 rings (SSSR count). The van der Waals surface area contributed by atoms with Crippen molar-refractivity contribution >= 4 is 11.6 Å². The van der Waals surface area contributed by atoms with Gasteiger partial charge in [-0.25, -0.2) is 13.2 Å². The van der Waals surface area contributed by atoms with E-state index in [1.54, 1.807) is 24.3 Å². The third-order valence-corrected chi connectivity index (χ3v) is 6.38. The van der Waals surface area contributed by atoms with Gasteiger partial charge in [-0.1, -0.05) is 24.3 Å². The lowest BCUT2D eigenvalue weighted by molar-refractivity contribution is 0.0921. The average Bonchev–Trinajstić information content (AvgIpc) is 3.33. The minimum atomic E-state index is -0.916. The first-order chi connectivity index (χ1) is 17.0. The summed E-state index contributed by atoms with van der Waals surface area (Å²) < 4.78 is 53.4. The zero-order valence-corrected chi connectivity index (χ0v) is 18.8. The van der Waals surface area contributed by atoms with E-state index in [9.17, 15) is 18.0 Å². The second-order valence-electron chi connectivity index (χ2n) is 8.41. The number of fused-ring (bicyclic) bond motifs is 1. The summed E-state index contributed by atoms with van der Waals surface area (Å²) in [6.45, 7) is 2.60. The predicted octanol–water partition coefficient (Wildman–Crippen LogP) is 4.13. The van der Waals surface area contributed by atoms with Gasteiger partial charge in [0.2, 0.25) is 6.79 Å². The molecule has 1 fully saturated rings. The quantitative estimate of drug-likeness (QED) is 0.572. The van der Waals surface area contributed by atoms with Gasteiger partial charge in [0, 0.05) is 32.7 Å². The molecule has 3 aromatic carbocycles. The van der Waals surface area contributed by atoms with Crippen molar-refractivity contribution in [3.05, 3.63) is 89.2 Å². The Morgan fingerprint density at radius 3 is 2.29 bits per heavy atom. The van der Waals surface area contributed by atoms with Crippen molar-refractivity contribution in [2.24, 2.45) is 0 Å². The van der Waals surface area contributed by atoms with Gasteiger partial charge in [-0.3, -0.25) is 9.69 Å². The van der Waals surface area contributed by atoms with E-state index in [4.69, 9.17) is 9.47 Å². The van der Waals surface area contributed by atoms with Crippen LogP contribution < -0.4 is 19.7 Å². The summed E-state index contributed by atoms with van der Waals surface area (Å²) in [5.74, 6) is -1.69. The summed E-state index contributed by atoms with van der Waals surface area (Å²) >= 11 is 0. The Labute approximate surface area is 200 Å². The molecule has 2 aliphatic heterocycles. The van der Waals surface area contributed by atoms with Crippen molar-refractivity contribution in [3.63, 3.8) is 0 Å². The van der Waals surface area contributed by atoms with Gasteiger partial charge in [0.1, 0.15) is 23.0 Å². The molecule has 0 bridgehead atoms. The number of piperazine rings is 1. The SMILES string of the molecule is O=C(NC[C@@H](c1ccc2c(c1)OCO2)N1CCN(c2ccccc2F)CC1)c1c(F)cccc1F. The van der Waals surface area contributed by atoms with Gasteiger partial charge >= 0.3 is 0 Å². The summed E-state index contributed by atoms with van der Waals surface area (Å²) in [7, 11) is 0. The molecule has 0 spiro atoms. The minimum absolute atomic E-state index is 0.117. The number of anilines is 1. The van der Waals surface area contributed by atoms with Crippen LogP contribution >= 0.6 is 0 Å². The second-order valence-corrected chi connectivity index (χ2v) is 8.41. The number of rotatable bonds is 6. The van der Waals surface area contributed by atoms with Crippen LogP contribution in [0.1, 0.15) is 22.0 Å². The molecule has 0 unspecified atom stereocenters. The second kappa shape index (κ2) is 9.87. The van der Waals surface area contributed by atoms with E-state index in [2.05, 4.69) is 10.2 Å². The van der Waals surface area contributed by atoms with Crippen molar-refractivity contribution < 1.29 is 27.4 Å². The molecule has 6 nitrogen and oxygen atoms in total. The largest absolute Gasteiger partial charge is 0.454 e. The third-order valence-electron chi connectivity index (χ3n) is 6.38. The number of nitrogens with one attached hydrogen (secondary N) is 1. The lowest BCUT2D eigenvalue weighted by Gasteiger charge is -2.40. The van der Waals surface area contributed by atoms with Crippen LogP contribution in [0.5, 0.6) is 11.5 Å². The van der Waals surface area contributed by atoms with Crippen LogP contribution in [0.3, 0.4) is 0 Å². The van der Waals surface area contributed by atoms with Gasteiger partial charge in [0.25, 0.3) is 5.91 Å². The Morgan fingerprint density at radius 2 is 1.54 bits per heavy atom. The van der Waals surface area contributed by atoms with E-state index in [-0.39, 0.29) is 25.2 Å². The van der Waals surface area contributed by atoms with Crippen LogP contribution in [0.15, 0.2) is 60.7 Å². The number of benzene rings is 3. The van der Waals surface area contributed by atoms with E-state index in [0.29, 0.717) is 43.4 Å². The molecule has 1 saturated heterocycles. The van der Waals surface area contributed by atoms with Gasteiger partial charge in [-0.15, -0.1) is 0 Å². The van der Waals surface area contributed by atoms with E-state index in [0.717, 1.165) is 17.7 Å². The van der Waals surface area contributed by atoms with E-state index >= 15 is 0 Å². The van der Waals surface area contributed by atoms with Crippen molar-refractivity contribution in [3.8, 4) is 11.5 Å². The third kappa shape index (κ3) is 4.77. The molecule has 0 radical (unpaired) electrons. The van der Waals surface area contributed by atoms with Crippen LogP contribution in [-0.2, 0) is 0 Å². The number of hydrogen-bond donors (Lipinski definition) is 1. The van der Waals surface area contributed by atoms with Gasteiger partial charge in [0.15, 0.2) is 11.5 Å². The molecule has 0 aromatic heterocycles. The molecular weight excluding hydrogens is 459 g/mol. The maximum absolute atomic E-state index is 14.3. The zero-order valence-electron chi connectivity index (χ0n) is 18.8. The molecule has 35 heavy (non-hydrogen) atoms. The van der Waals surface area contributed by atoms with E-state index < -0.39 is 23.1 Å². The smallest absolute Gasteiger partial charge is 0.257 e. The van der Waals surface area contributed by atoms with Crippen molar-refractivity contribution in [1.29, 1.82) is 0 Å². The number of amides is 1. The van der Waals surface area contributed by atoms with Crippen LogP contribution in [0, 0.1) is 17.5 Å². The molecule has 182 valence electrons. The van der Waals surface area contributed by atoms with Crippen LogP contribution in [0.4, 0.5) is 18.9 Å². The zero-order chi connectivity index (χ0) is 24.4. The monoisotopic (exact) mass is 483 g/mol. The van der Waals surface area contributed by atoms with Crippen molar-refractivity contribution in [1.82, 2.24) is 10.2 Å². The number of nitrogens with zero attached hydrogens (tertiary/aromatic N) is 2. The van der Waals surface area contributed by atoms with Crippen molar-refractivity contribution in [2.75, 3.05) is 44.4 Å². The molecular formula is C26H24F3N3O3. The summed E-state index contributed by atoms with van der Waals surface area (Å²) in [6, 6.07) is 15.2. The molecule has 2 heterocycles. The van der Waals surface area contributed by atoms with Crippen LogP contribution in [-0.4, -0.2) is 50.3 Å². The molecule has 3 aromatic rings. The number of carbonyl (C=O) groups excluding carboxylic acids is 1. The Balaban J connectivity index is 1.35. The normalized spacial score (nSPS) is 16.3. The van der Waals surface area contributed by atoms with Crippen LogP contribution in [0.2, 0.25) is 0 Å². The lowest BCUT2D eigenvalue weighted by atomic mass is 10.0. The highest BCUT2D eigenvalue weighted by Crippen LogP contribution is 2.36. The number of halogens is 3. The molecule has 0 saturated carbocycles. The maximum Gasteiger partial charge on any atom is 0.257 e.